The first-order valence-electron chi connectivity index (χ1n) is 6.72. The molecular weight excluding hydrogens is 252 g/mol. The molecule has 0 atom stereocenters. The first-order valence-corrected chi connectivity index (χ1v) is 6.72. The fourth-order valence-corrected chi connectivity index (χ4v) is 1.85. The maximum absolute atomic E-state index is 5.85. The summed E-state index contributed by atoms with van der Waals surface area (Å²) >= 11 is 0. The van der Waals surface area contributed by atoms with Gasteiger partial charge in [-0.25, -0.2) is 0 Å². The van der Waals surface area contributed by atoms with E-state index < -0.39 is 0 Å². The largest absolute Gasteiger partial charge is 0.493 e. The zero-order valence-electron chi connectivity index (χ0n) is 11.9. The summed E-state index contributed by atoms with van der Waals surface area (Å²) in [4.78, 5) is 3.99. The van der Waals surface area contributed by atoms with Gasteiger partial charge < -0.3 is 14.8 Å². The topological polar surface area (TPSA) is 43.4 Å². The highest BCUT2D eigenvalue weighted by molar-refractivity contribution is 5.43. The zero-order chi connectivity index (χ0) is 14.2. The minimum absolute atomic E-state index is 0.504. The third-order valence-corrected chi connectivity index (χ3v) is 2.95. The molecule has 0 fully saturated rings. The summed E-state index contributed by atoms with van der Waals surface area (Å²) in [6.07, 6.45) is 3.52. The smallest absolute Gasteiger partial charge is 0.161 e. The van der Waals surface area contributed by atoms with Crippen molar-refractivity contribution in [2.45, 2.75) is 20.1 Å². The molecule has 0 amide bonds. The number of pyridine rings is 1. The molecule has 0 saturated carbocycles. The summed E-state index contributed by atoms with van der Waals surface area (Å²) in [5, 5.41) is 3.30. The summed E-state index contributed by atoms with van der Waals surface area (Å²) in [6.45, 7) is 4.36. The first-order chi connectivity index (χ1) is 9.83. The van der Waals surface area contributed by atoms with Gasteiger partial charge in [-0.05, 0) is 41.9 Å². The highest BCUT2D eigenvalue weighted by Crippen LogP contribution is 2.28. The second kappa shape index (κ2) is 7.50. The molecule has 1 heterocycles. The van der Waals surface area contributed by atoms with Crippen LogP contribution in [0.25, 0.3) is 0 Å². The first kappa shape index (κ1) is 14.3. The molecule has 2 rings (SSSR count). The van der Waals surface area contributed by atoms with Crippen molar-refractivity contribution in [3.8, 4) is 11.5 Å². The normalized spacial score (nSPS) is 10.3. The van der Waals surface area contributed by atoms with E-state index in [1.807, 2.05) is 30.3 Å². The molecule has 0 aliphatic heterocycles. The molecule has 4 heteroatoms. The van der Waals surface area contributed by atoms with Gasteiger partial charge in [0.2, 0.25) is 0 Å². The van der Waals surface area contributed by atoms with E-state index >= 15 is 0 Å². The SMILES string of the molecule is CCNCc1ccc(OC)c(OCc2ccncc2)c1. The lowest BCUT2D eigenvalue weighted by molar-refractivity contribution is 0.284. The van der Waals surface area contributed by atoms with Gasteiger partial charge in [-0.3, -0.25) is 4.98 Å². The van der Waals surface area contributed by atoms with Crippen molar-refractivity contribution in [3.63, 3.8) is 0 Å². The van der Waals surface area contributed by atoms with Gasteiger partial charge in [0, 0.05) is 18.9 Å². The van der Waals surface area contributed by atoms with Crippen LogP contribution in [0.4, 0.5) is 0 Å². The van der Waals surface area contributed by atoms with Gasteiger partial charge in [-0.2, -0.15) is 0 Å². The number of aromatic nitrogens is 1. The second-order valence-electron chi connectivity index (χ2n) is 4.41. The van der Waals surface area contributed by atoms with Crippen LogP contribution >= 0.6 is 0 Å². The van der Waals surface area contributed by atoms with Crippen LogP contribution < -0.4 is 14.8 Å². The molecule has 0 saturated heterocycles. The highest BCUT2D eigenvalue weighted by atomic mass is 16.5. The van der Waals surface area contributed by atoms with Crippen LogP contribution in [0, 0.1) is 0 Å². The van der Waals surface area contributed by atoms with Crippen molar-refractivity contribution in [1.82, 2.24) is 10.3 Å². The predicted molar refractivity (Wildman–Crippen MR) is 78.9 cm³/mol. The molecule has 0 aliphatic rings. The van der Waals surface area contributed by atoms with Gasteiger partial charge in [0.15, 0.2) is 11.5 Å². The molecule has 106 valence electrons. The third-order valence-electron chi connectivity index (χ3n) is 2.95. The summed E-state index contributed by atoms with van der Waals surface area (Å²) < 4.78 is 11.2. The quantitative estimate of drug-likeness (QED) is 0.841. The van der Waals surface area contributed by atoms with Crippen LogP contribution in [-0.2, 0) is 13.2 Å². The van der Waals surface area contributed by atoms with E-state index in [4.69, 9.17) is 9.47 Å². The maximum Gasteiger partial charge on any atom is 0.161 e. The molecule has 0 spiro atoms. The Hall–Kier alpha value is -2.07. The van der Waals surface area contributed by atoms with Gasteiger partial charge in [-0.1, -0.05) is 13.0 Å². The molecule has 0 unspecified atom stereocenters. The lowest BCUT2D eigenvalue weighted by Crippen LogP contribution is -2.11. The molecule has 4 nitrogen and oxygen atoms in total. The summed E-state index contributed by atoms with van der Waals surface area (Å²) in [5.41, 5.74) is 2.26. The number of benzene rings is 1. The Morgan fingerprint density at radius 3 is 2.55 bits per heavy atom. The molecule has 0 radical (unpaired) electrons. The van der Waals surface area contributed by atoms with Crippen molar-refractivity contribution in [2.24, 2.45) is 0 Å². The highest BCUT2D eigenvalue weighted by Gasteiger charge is 2.06. The van der Waals surface area contributed by atoms with E-state index in [-0.39, 0.29) is 0 Å². The minimum atomic E-state index is 0.504. The van der Waals surface area contributed by atoms with E-state index in [0.717, 1.165) is 30.2 Å². The van der Waals surface area contributed by atoms with Gasteiger partial charge in [-0.15, -0.1) is 0 Å². The van der Waals surface area contributed by atoms with Crippen molar-refractivity contribution < 1.29 is 9.47 Å². The molecule has 1 aromatic heterocycles. The number of methoxy groups -OCH3 is 1. The van der Waals surface area contributed by atoms with Crippen LogP contribution in [0.15, 0.2) is 42.7 Å². The number of ether oxygens (including phenoxy) is 2. The van der Waals surface area contributed by atoms with Gasteiger partial charge in [0.25, 0.3) is 0 Å². The van der Waals surface area contributed by atoms with Crippen LogP contribution in [0.5, 0.6) is 11.5 Å². The average Bonchev–Trinajstić information content (AvgIpc) is 2.52. The van der Waals surface area contributed by atoms with Crippen LogP contribution in [0.1, 0.15) is 18.1 Å². The van der Waals surface area contributed by atoms with E-state index in [1.54, 1.807) is 19.5 Å². The lowest BCUT2D eigenvalue weighted by atomic mass is 10.2. The fraction of sp³-hybridized carbons (Fsp3) is 0.312. The fourth-order valence-electron chi connectivity index (χ4n) is 1.85. The number of hydrogen-bond donors (Lipinski definition) is 1. The van der Waals surface area contributed by atoms with E-state index in [0.29, 0.717) is 6.61 Å². The van der Waals surface area contributed by atoms with Crippen molar-refractivity contribution in [3.05, 3.63) is 53.9 Å². The Morgan fingerprint density at radius 1 is 1.05 bits per heavy atom. The Labute approximate surface area is 119 Å². The lowest BCUT2D eigenvalue weighted by Gasteiger charge is -2.12. The minimum Gasteiger partial charge on any atom is -0.493 e. The van der Waals surface area contributed by atoms with Crippen LogP contribution in [0.2, 0.25) is 0 Å². The molecule has 0 bridgehead atoms. The maximum atomic E-state index is 5.85. The summed E-state index contributed by atoms with van der Waals surface area (Å²) in [5.74, 6) is 1.51. The van der Waals surface area contributed by atoms with Gasteiger partial charge >= 0.3 is 0 Å². The average molecular weight is 272 g/mol. The van der Waals surface area contributed by atoms with Gasteiger partial charge in [0.1, 0.15) is 6.61 Å². The summed E-state index contributed by atoms with van der Waals surface area (Å²) in [6, 6.07) is 9.88. The van der Waals surface area contributed by atoms with Gasteiger partial charge in [0.05, 0.1) is 7.11 Å². The predicted octanol–water partition coefficient (Wildman–Crippen LogP) is 2.78. The number of hydrogen-bond acceptors (Lipinski definition) is 4. The van der Waals surface area contributed by atoms with Crippen molar-refractivity contribution in [2.75, 3.05) is 13.7 Å². The van der Waals surface area contributed by atoms with Crippen LogP contribution in [0.3, 0.4) is 0 Å². The Morgan fingerprint density at radius 2 is 1.85 bits per heavy atom. The standard InChI is InChI=1S/C16H20N2O2/c1-3-17-11-14-4-5-15(19-2)16(10-14)20-12-13-6-8-18-9-7-13/h4-10,17H,3,11-12H2,1-2H3. The monoisotopic (exact) mass is 272 g/mol. The molecule has 1 N–H and O–H groups in total. The molecule has 1 aromatic carbocycles. The van der Waals surface area contributed by atoms with Crippen molar-refractivity contribution >= 4 is 0 Å². The Balaban J connectivity index is 2.07. The third kappa shape index (κ3) is 3.96. The van der Waals surface area contributed by atoms with E-state index in [2.05, 4.69) is 17.2 Å². The Kier molecular flexibility index (Phi) is 5.38. The molecule has 20 heavy (non-hydrogen) atoms. The molecule has 0 aliphatic carbocycles. The van der Waals surface area contributed by atoms with E-state index in [9.17, 15) is 0 Å². The molecular formula is C16H20N2O2. The molecule has 2 aromatic rings. The zero-order valence-corrected chi connectivity index (χ0v) is 11.9. The number of rotatable bonds is 7. The second-order valence-corrected chi connectivity index (χ2v) is 4.41. The Bertz CT molecular complexity index is 529. The number of nitrogens with zero attached hydrogens (tertiary/aromatic N) is 1. The van der Waals surface area contributed by atoms with Crippen molar-refractivity contribution in [1.29, 1.82) is 0 Å². The van der Waals surface area contributed by atoms with E-state index in [1.165, 1.54) is 5.56 Å². The summed E-state index contributed by atoms with van der Waals surface area (Å²) in [7, 11) is 1.65. The van der Waals surface area contributed by atoms with Crippen LogP contribution in [-0.4, -0.2) is 18.6 Å². The number of nitrogens with one attached hydrogen (secondary N) is 1.